The van der Waals surface area contributed by atoms with Gasteiger partial charge in [0, 0.05) is 0 Å². The largest absolute Gasteiger partial charge is 2.00 e. The first-order chi connectivity index (χ1) is 7.40. The molecular formula is C14H22Cl2P2Zr. The predicted octanol–water partition coefficient (Wildman–Crippen LogP) is 6.66. The van der Waals surface area contributed by atoms with Crippen LogP contribution in [-0.4, -0.2) is 0 Å². The fourth-order valence-electron chi connectivity index (χ4n) is 1.61. The van der Waals surface area contributed by atoms with Gasteiger partial charge < -0.3 is 0 Å². The third-order valence-corrected chi connectivity index (χ3v) is 5.02. The van der Waals surface area contributed by atoms with E-state index in [1.807, 2.05) is 0 Å². The molecule has 0 N–H and O–H groups in total. The monoisotopic (exact) mass is 412 g/mol. The van der Waals surface area contributed by atoms with Gasteiger partial charge in [0.15, 0.2) is 0 Å². The summed E-state index contributed by atoms with van der Waals surface area (Å²) in [4.78, 5) is 0. The van der Waals surface area contributed by atoms with E-state index in [4.69, 9.17) is 0 Å². The molecule has 0 atom stereocenters. The second kappa shape index (κ2) is 11.7. The van der Waals surface area contributed by atoms with Crippen LogP contribution in [0.4, 0.5) is 0 Å². The summed E-state index contributed by atoms with van der Waals surface area (Å²) in [6.07, 6.45) is 0. The average Bonchev–Trinajstić information content (AvgIpc) is 2.58. The fourth-order valence-corrected chi connectivity index (χ4v) is 3.66. The van der Waals surface area contributed by atoms with Gasteiger partial charge in [-0.05, 0) is 0 Å². The van der Waals surface area contributed by atoms with Crippen LogP contribution < -0.4 is 0 Å². The van der Waals surface area contributed by atoms with E-state index in [-0.39, 0.29) is 51.0 Å². The van der Waals surface area contributed by atoms with Crippen molar-refractivity contribution in [2.75, 3.05) is 0 Å². The number of hydrogen-bond acceptors (Lipinski definition) is 0. The van der Waals surface area contributed by atoms with Crippen LogP contribution in [0, 0.1) is 41.5 Å². The van der Waals surface area contributed by atoms with Crippen molar-refractivity contribution in [2.45, 2.75) is 41.5 Å². The minimum atomic E-state index is 0. The molecule has 0 saturated heterocycles. The van der Waals surface area contributed by atoms with Gasteiger partial charge in [-0.3, -0.25) is 0 Å². The van der Waals surface area contributed by atoms with Crippen molar-refractivity contribution in [3.05, 3.63) is 44.4 Å². The minimum Gasteiger partial charge on any atom is -0.220 e. The Bertz CT molecular complexity index is 392. The van der Waals surface area contributed by atoms with Crippen molar-refractivity contribution >= 4 is 41.2 Å². The Labute approximate surface area is 152 Å². The summed E-state index contributed by atoms with van der Waals surface area (Å²) in [5.74, 6) is 0. The summed E-state index contributed by atoms with van der Waals surface area (Å²) >= 11 is 0. The van der Waals surface area contributed by atoms with Gasteiger partial charge in [-0.25, -0.2) is 16.4 Å². The van der Waals surface area contributed by atoms with Crippen molar-refractivity contribution in [3.63, 3.8) is 0 Å². The standard InChI is InChI=1S/2C7H10P.2ClH.Zr/c2*1-5-4-6(2)8-7(5)3;;;/h2*4H,1-3H3;2*1H;/q2*-1;;;+2. The van der Waals surface area contributed by atoms with Crippen molar-refractivity contribution in [2.24, 2.45) is 0 Å². The number of halogens is 2. The maximum Gasteiger partial charge on any atom is 2.00 e. The predicted molar refractivity (Wildman–Crippen MR) is 92.0 cm³/mol. The molecule has 2 rings (SSSR count). The van der Waals surface area contributed by atoms with Crippen LogP contribution >= 0.6 is 41.2 Å². The molecule has 0 radical (unpaired) electrons. The van der Waals surface area contributed by atoms with Crippen molar-refractivity contribution < 1.29 is 26.2 Å². The zero-order valence-electron chi connectivity index (χ0n) is 12.4. The molecule has 0 aliphatic heterocycles. The SMILES string of the molecule is Cc1c[c-](C)pc1C.Cc1c[c-](C)pc1C.Cl.Cl.[Zr+2]. The van der Waals surface area contributed by atoms with Crippen LogP contribution in [-0.2, 0) is 26.2 Å². The molecule has 0 nitrogen and oxygen atoms in total. The molecule has 2 heterocycles. The molecular weight excluding hydrogens is 392 g/mol. The van der Waals surface area contributed by atoms with E-state index < -0.39 is 0 Å². The molecule has 19 heavy (non-hydrogen) atoms. The first kappa shape index (κ1) is 25.0. The molecule has 0 aromatic carbocycles. The van der Waals surface area contributed by atoms with E-state index in [0.717, 1.165) is 0 Å². The molecule has 106 valence electrons. The summed E-state index contributed by atoms with van der Waals surface area (Å²) in [5, 5.41) is 5.95. The maximum atomic E-state index is 2.25. The van der Waals surface area contributed by atoms with Gasteiger partial charge in [0.2, 0.25) is 0 Å². The van der Waals surface area contributed by atoms with Crippen molar-refractivity contribution in [1.29, 1.82) is 0 Å². The zero-order valence-corrected chi connectivity index (χ0v) is 18.2. The molecule has 0 saturated carbocycles. The first-order valence-electron chi connectivity index (χ1n) is 5.55. The van der Waals surface area contributed by atoms with E-state index in [9.17, 15) is 0 Å². The molecule has 2 aromatic heterocycles. The Morgan fingerprint density at radius 2 is 1.00 bits per heavy atom. The van der Waals surface area contributed by atoms with Gasteiger partial charge in [-0.15, -0.1) is 35.4 Å². The number of aryl methyl sites for hydroxylation is 6. The molecule has 0 aliphatic carbocycles. The van der Waals surface area contributed by atoms with Crippen LogP contribution in [0.3, 0.4) is 0 Å². The molecule has 0 aliphatic rings. The Hall–Kier alpha value is 1.02. The Balaban J connectivity index is -0.000000233. The van der Waals surface area contributed by atoms with Gasteiger partial charge in [-0.2, -0.15) is 33.9 Å². The van der Waals surface area contributed by atoms with Crippen LogP contribution in [0.25, 0.3) is 0 Å². The van der Waals surface area contributed by atoms with E-state index in [2.05, 4.69) is 53.7 Å². The smallest absolute Gasteiger partial charge is 0.220 e. The van der Waals surface area contributed by atoms with E-state index in [1.54, 1.807) is 0 Å². The van der Waals surface area contributed by atoms with E-state index >= 15 is 0 Å². The molecule has 0 unspecified atom stereocenters. The summed E-state index contributed by atoms with van der Waals surface area (Å²) in [5.41, 5.74) is 2.90. The van der Waals surface area contributed by atoms with Gasteiger partial charge in [0.05, 0.1) is 0 Å². The van der Waals surface area contributed by atoms with Gasteiger partial charge >= 0.3 is 26.2 Å². The normalized spacial score (nSPS) is 9.16. The fraction of sp³-hybridized carbons (Fsp3) is 0.429. The summed E-state index contributed by atoms with van der Waals surface area (Å²) in [7, 11) is 2.85. The Morgan fingerprint density at radius 1 is 0.737 bits per heavy atom. The quantitative estimate of drug-likeness (QED) is 0.423. The number of rotatable bonds is 0. The van der Waals surface area contributed by atoms with Gasteiger partial charge in [-0.1, -0.05) is 41.5 Å². The van der Waals surface area contributed by atoms with Gasteiger partial charge in [0.25, 0.3) is 0 Å². The second-order valence-electron chi connectivity index (χ2n) is 4.33. The van der Waals surface area contributed by atoms with Crippen molar-refractivity contribution in [3.8, 4) is 0 Å². The average molecular weight is 414 g/mol. The Kier molecular flexibility index (Phi) is 15.3. The van der Waals surface area contributed by atoms with Crippen LogP contribution in [0.2, 0.25) is 0 Å². The molecule has 0 fully saturated rings. The molecule has 5 heteroatoms. The third kappa shape index (κ3) is 8.80. The molecule has 2 aromatic rings. The third-order valence-electron chi connectivity index (χ3n) is 2.68. The van der Waals surface area contributed by atoms with Crippen LogP contribution in [0.1, 0.15) is 32.3 Å². The Morgan fingerprint density at radius 3 is 1.05 bits per heavy atom. The van der Waals surface area contributed by atoms with E-state index in [0.29, 0.717) is 0 Å². The van der Waals surface area contributed by atoms with Crippen LogP contribution in [0.5, 0.6) is 0 Å². The van der Waals surface area contributed by atoms with E-state index in [1.165, 1.54) is 48.7 Å². The second-order valence-corrected chi connectivity index (χ2v) is 7.53. The van der Waals surface area contributed by atoms with Crippen LogP contribution in [0.15, 0.2) is 12.1 Å². The maximum absolute atomic E-state index is 2.25. The summed E-state index contributed by atoms with van der Waals surface area (Å²) in [6.45, 7) is 13.0. The zero-order chi connectivity index (χ0) is 12.3. The number of hydrogen-bond donors (Lipinski definition) is 0. The minimum absolute atomic E-state index is 0. The molecule has 0 amide bonds. The summed E-state index contributed by atoms with van der Waals surface area (Å²) < 4.78 is 0. The molecule has 0 bridgehead atoms. The topological polar surface area (TPSA) is 0 Å². The summed E-state index contributed by atoms with van der Waals surface area (Å²) in [6, 6.07) is 4.49. The van der Waals surface area contributed by atoms with Crippen molar-refractivity contribution in [1.82, 2.24) is 0 Å². The van der Waals surface area contributed by atoms with Gasteiger partial charge in [0.1, 0.15) is 0 Å². The molecule has 0 spiro atoms. The first-order valence-corrected chi connectivity index (χ1v) is 7.34.